The fourth-order valence-corrected chi connectivity index (χ4v) is 3.88. The highest BCUT2D eigenvalue weighted by Gasteiger charge is 2.16. The topological polar surface area (TPSA) is 98.0 Å². The molecule has 0 aliphatic carbocycles. The van der Waals surface area contributed by atoms with Gasteiger partial charge in [-0.25, -0.2) is 14.6 Å². The molecule has 8 nitrogen and oxygen atoms in total. The molecule has 0 aliphatic rings. The minimum atomic E-state index is -0.0759. The van der Waals surface area contributed by atoms with Crippen LogP contribution < -0.4 is 10.6 Å². The molecule has 4 heterocycles. The van der Waals surface area contributed by atoms with Crippen molar-refractivity contribution >= 4 is 45.6 Å². The summed E-state index contributed by atoms with van der Waals surface area (Å²) in [6.45, 7) is 1.20. The molecule has 0 aliphatic heterocycles. The highest BCUT2D eigenvalue weighted by Crippen LogP contribution is 2.25. The van der Waals surface area contributed by atoms with Gasteiger partial charge in [-0.1, -0.05) is 12.1 Å². The van der Waals surface area contributed by atoms with E-state index in [1.165, 1.54) is 4.88 Å². The first-order valence-corrected chi connectivity index (χ1v) is 9.66. The summed E-state index contributed by atoms with van der Waals surface area (Å²) in [5.74, 6) is 1.19. The van der Waals surface area contributed by atoms with E-state index < -0.39 is 0 Å². The van der Waals surface area contributed by atoms with Gasteiger partial charge in [-0.15, -0.1) is 22.7 Å². The van der Waals surface area contributed by atoms with Crippen LogP contribution in [0.2, 0.25) is 0 Å². The quantitative estimate of drug-likeness (QED) is 0.473. The Labute approximate surface area is 157 Å². The summed E-state index contributed by atoms with van der Waals surface area (Å²) in [4.78, 5) is 11.3. The molecule has 0 bridgehead atoms. The molecular weight excluding hydrogens is 372 g/mol. The molecule has 26 heavy (non-hydrogen) atoms. The highest BCUT2D eigenvalue weighted by molar-refractivity contribution is 7.10. The molecule has 0 unspecified atom stereocenters. The molecule has 0 amide bonds. The van der Waals surface area contributed by atoms with E-state index in [2.05, 4.69) is 37.0 Å². The predicted molar refractivity (Wildman–Crippen MR) is 102 cm³/mol. The number of thiophene rings is 2. The Hall–Kier alpha value is -2.56. The molecule has 0 saturated carbocycles. The summed E-state index contributed by atoms with van der Waals surface area (Å²) >= 11 is 3.33. The van der Waals surface area contributed by atoms with Gasteiger partial charge in [-0.2, -0.15) is 0 Å². The van der Waals surface area contributed by atoms with E-state index in [1.807, 2.05) is 29.0 Å². The van der Waals surface area contributed by atoms with Crippen molar-refractivity contribution in [2.24, 2.45) is 0 Å². The van der Waals surface area contributed by atoms with Gasteiger partial charge in [0.15, 0.2) is 11.6 Å². The van der Waals surface area contributed by atoms with E-state index in [9.17, 15) is 0 Å². The Morgan fingerprint density at radius 2 is 1.77 bits per heavy atom. The van der Waals surface area contributed by atoms with E-state index >= 15 is 0 Å². The number of nitrogens with zero attached hydrogens (tertiary/aromatic N) is 4. The van der Waals surface area contributed by atoms with Crippen molar-refractivity contribution in [2.45, 2.75) is 12.6 Å². The van der Waals surface area contributed by atoms with Gasteiger partial charge in [0.05, 0.1) is 6.54 Å². The third kappa shape index (κ3) is 3.66. The van der Waals surface area contributed by atoms with E-state index in [0.717, 1.165) is 4.88 Å². The lowest BCUT2D eigenvalue weighted by molar-refractivity contribution is 0.117. The Balaban J connectivity index is 1.54. The molecule has 4 aromatic rings. The van der Waals surface area contributed by atoms with Crippen molar-refractivity contribution in [3.63, 3.8) is 0 Å². The van der Waals surface area contributed by atoms with E-state index in [0.29, 0.717) is 36.0 Å². The number of anilines is 2. The van der Waals surface area contributed by atoms with Crippen LogP contribution in [-0.2, 0) is 11.3 Å². The molecule has 2 N–H and O–H groups in total. The SMILES string of the molecule is CO[C@H](CNc1nc2nonc2nc1NCc1cccs1)c1cccs1. The maximum absolute atomic E-state index is 5.58. The number of nitrogens with one attached hydrogen (secondary N) is 2. The first-order valence-electron chi connectivity index (χ1n) is 7.90. The maximum Gasteiger partial charge on any atom is 0.245 e. The molecule has 4 rings (SSSR count). The standard InChI is InChI=1S/C16H16N6O2S2/c1-23-11(12-5-3-7-26-12)9-18-14-13(17-8-10-4-2-6-25-10)19-15-16(20-14)22-24-21-15/h2-7,11H,8-9H2,1H3,(H,17,19,21)(H,18,20,22)/t11-/m1/s1. The second-order valence-electron chi connectivity index (χ2n) is 5.39. The van der Waals surface area contributed by atoms with Gasteiger partial charge in [0.25, 0.3) is 0 Å². The van der Waals surface area contributed by atoms with Crippen LogP contribution in [0.5, 0.6) is 0 Å². The summed E-state index contributed by atoms with van der Waals surface area (Å²) in [5.41, 5.74) is 0.727. The van der Waals surface area contributed by atoms with Gasteiger partial charge in [0.1, 0.15) is 6.10 Å². The van der Waals surface area contributed by atoms with Gasteiger partial charge in [-0.05, 0) is 33.2 Å². The lowest BCUT2D eigenvalue weighted by Crippen LogP contribution is -2.16. The number of hydrogen-bond donors (Lipinski definition) is 2. The minimum Gasteiger partial charge on any atom is -0.374 e. The first-order chi connectivity index (χ1) is 12.8. The number of fused-ring (bicyclic) bond motifs is 1. The minimum absolute atomic E-state index is 0.0759. The summed E-state index contributed by atoms with van der Waals surface area (Å²) in [6.07, 6.45) is -0.0759. The molecule has 4 aromatic heterocycles. The van der Waals surface area contributed by atoms with Crippen molar-refractivity contribution < 1.29 is 9.37 Å². The van der Waals surface area contributed by atoms with Crippen LogP contribution in [0.3, 0.4) is 0 Å². The molecule has 10 heteroatoms. The van der Waals surface area contributed by atoms with E-state index in [4.69, 9.17) is 9.37 Å². The van der Waals surface area contributed by atoms with E-state index in [1.54, 1.807) is 29.8 Å². The molecule has 0 fully saturated rings. The lowest BCUT2D eigenvalue weighted by atomic mass is 10.3. The third-order valence-corrected chi connectivity index (χ3v) is 5.57. The lowest BCUT2D eigenvalue weighted by Gasteiger charge is -2.16. The van der Waals surface area contributed by atoms with Crippen LogP contribution in [0.25, 0.3) is 11.3 Å². The fraction of sp³-hybridized carbons (Fsp3) is 0.250. The number of methoxy groups -OCH3 is 1. The van der Waals surface area contributed by atoms with Crippen LogP contribution >= 0.6 is 22.7 Å². The zero-order valence-corrected chi connectivity index (χ0v) is 15.5. The molecular formula is C16H16N6O2S2. The average Bonchev–Trinajstić information content (AvgIpc) is 3.41. The van der Waals surface area contributed by atoms with Gasteiger partial charge in [0.2, 0.25) is 11.3 Å². The Kier molecular flexibility index (Phi) is 5.04. The zero-order chi connectivity index (χ0) is 17.8. The van der Waals surface area contributed by atoms with Crippen molar-refractivity contribution in [1.29, 1.82) is 0 Å². The van der Waals surface area contributed by atoms with Crippen molar-refractivity contribution in [3.05, 3.63) is 44.8 Å². The fourth-order valence-electron chi connectivity index (χ4n) is 2.43. The van der Waals surface area contributed by atoms with Crippen LogP contribution in [0.15, 0.2) is 39.7 Å². The second kappa shape index (κ2) is 7.77. The Bertz CT molecular complexity index is 955. The molecule has 0 saturated heterocycles. The normalized spacial score (nSPS) is 12.3. The van der Waals surface area contributed by atoms with Gasteiger partial charge < -0.3 is 15.4 Å². The monoisotopic (exact) mass is 388 g/mol. The molecule has 0 aromatic carbocycles. The van der Waals surface area contributed by atoms with Crippen LogP contribution in [0.1, 0.15) is 15.9 Å². The first kappa shape index (κ1) is 16.9. The number of ether oxygens (including phenoxy) is 1. The van der Waals surface area contributed by atoms with Crippen molar-refractivity contribution in [3.8, 4) is 0 Å². The van der Waals surface area contributed by atoms with Crippen molar-refractivity contribution in [1.82, 2.24) is 20.3 Å². The molecule has 1 atom stereocenters. The summed E-state index contributed by atoms with van der Waals surface area (Å²) in [6, 6.07) is 8.13. The number of hydrogen-bond acceptors (Lipinski definition) is 10. The van der Waals surface area contributed by atoms with Crippen LogP contribution in [0.4, 0.5) is 11.6 Å². The van der Waals surface area contributed by atoms with E-state index in [-0.39, 0.29) is 6.10 Å². The van der Waals surface area contributed by atoms with Crippen molar-refractivity contribution in [2.75, 3.05) is 24.3 Å². The summed E-state index contributed by atoms with van der Waals surface area (Å²) < 4.78 is 10.3. The van der Waals surface area contributed by atoms with Gasteiger partial charge in [-0.3, -0.25) is 0 Å². The van der Waals surface area contributed by atoms with Crippen LogP contribution in [-0.4, -0.2) is 33.9 Å². The average molecular weight is 388 g/mol. The Morgan fingerprint density at radius 1 is 1.04 bits per heavy atom. The molecule has 0 spiro atoms. The Morgan fingerprint density at radius 3 is 2.42 bits per heavy atom. The summed E-state index contributed by atoms with van der Waals surface area (Å²) in [7, 11) is 1.69. The van der Waals surface area contributed by atoms with Gasteiger partial charge in [0, 0.05) is 23.4 Å². The largest absolute Gasteiger partial charge is 0.374 e. The second-order valence-corrected chi connectivity index (χ2v) is 7.40. The molecule has 0 radical (unpaired) electrons. The smallest absolute Gasteiger partial charge is 0.245 e. The maximum atomic E-state index is 5.58. The third-order valence-electron chi connectivity index (χ3n) is 3.72. The van der Waals surface area contributed by atoms with Gasteiger partial charge >= 0.3 is 0 Å². The predicted octanol–water partition coefficient (Wildman–Crippen LogP) is 3.55. The number of aromatic nitrogens is 4. The van der Waals surface area contributed by atoms with Crippen LogP contribution in [0, 0.1) is 0 Å². The summed E-state index contributed by atoms with van der Waals surface area (Å²) in [5, 5.41) is 18.2. The highest BCUT2D eigenvalue weighted by atomic mass is 32.1. The zero-order valence-electron chi connectivity index (χ0n) is 13.9. The molecule has 134 valence electrons. The number of rotatable bonds is 8.